The van der Waals surface area contributed by atoms with Crippen molar-refractivity contribution in [2.45, 2.75) is 19.6 Å². The molecule has 0 saturated carbocycles. The lowest BCUT2D eigenvalue weighted by atomic mass is 10.2. The predicted molar refractivity (Wildman–Crippen MR) is 89.7 cm³/mol. The van der Waals surface area contributed by atoms with Crippen LogP contribution >= 0.6 is 15.9 Å². The largest absolute Gasteiger partial charge is 0.375 e. The molecule has 1 aliphatic heterocycles. The molecule has 122 valence electrons. The zero-order valence-corrected chi connectivity index (χ0v) is 14.4. The fourth-order valence-electron chi connectivity index (χ4n) is 2.34. The molecule has 1 unspecified atom stereocenters. The van der Waals surface area contributed by atoms with Gasteiger partial charge in [0.2, 0.25) is 11.7 Å². The topological polar surface area (TPSA) is 89.8 Å². The standard InChI is InChI=1S/C15H18BrN5O2/c1-10-9-21(5-6-22-10)15(17)18-8-13-19-14(20-23-13)11-3-2-4-12(16)7-11/h2-4,7,10H,5-6,8-9H2,1H3,(H2,17,18). The fourth-order valence-corrected chi connectivity index (χ4v) is 2.74. The van der Waals surface area contributed by atoms with Crippen molar-refractivity contribution in [3.8, 4) is 11.4 Å². The highest BCUT2D eigenvalue weighted by Gasteiger charge is 2.18. The van der Waals surface area contributed by atoms with Crippen LogP contribution in [0.2, 0.25) is 0 Å². The molecule has 1 aromatic carbocycles. The van der Waals surface area contributed by atoms with Gasteiger partial charge in [-0.05, 0) is 19.1 Å². The number of hydrogen-bond donors (Lipinski definition) is 1. The Kier molecular flexibility index (Phi) is 4.92. The van der Waals surface area contributed by atoms with E-state index in [2.05, 4.69) is 31.1 Å². The molecule has 1 aromatic heterocycles. The lowest BCUT2D eigenvalue weighted by Crippen LogP contribution is -2.47. The lowest BCUT2D eigenvalue weighted by molar-refractivity contribution is 0.00527. The predicted octanol–water partition coefficient (Wildman–Crippen LogP) is 2.03. The average Bonchev–Trinajstić information content (AvgIpc) is 3.01. The SMILES string of the molecule is CC1CN(C(N)=NCc2nc(-c3cccc(Br)c3)no2)CCO1. The van der Waals surface area contributed by atoms with E-state index in [0.29, 0.717) is 24.3 Å². The molecular formula is C15H18BrN5O2. The van der Waals surface area contributed by atoms with E-state index in [0.717, 1.165) is 23.1 Å². The van der Waals surface area contributed by atoms with Gasteiger partial charge in [-0.1, -0.05) is 33.2 Å². The Balaban J connectivity index is 1.66. The number of halogens is 1. The second kappa shape index (κ2) is 7.10. The van der Waals surface area contributed by atoms with E-state index in [4.69, 9.17) is 15.0 Å². The Labute approximate surface area is 142 Å². The third-order valence-electron chi connectivity index (χ3n) is 3.49. The summed E-state index contributed by atoms with van der Waals surface area (Å²) in [6.45, 7) is 4.42. The first kappa shape index (κ1) is 15.9. The maximum absolute atomic E-state index is 6.02. The van der Waals surface area contributed by atoms with Crippen LogP contribution in [0.25, 0.3) is 11.4 Å². The molecule has 2 aromatic rings. The van der Waals surface area contributed by atoms with E-state index in [1.165, 1.54) is 0 Å². The Morgan fingerprint density at radius 2 is 2.39 bits per heavy atom. The van der Waals surface area contributed by atoms with Crippen molar-refractivity contribution in [2.75, 3.05) is 19.7 Å². The number of nitrogens with zero attached hydrogens (tertiary/aromatic N) is 4. The smallest absolute Gasteiger partial charge is 0.248 e. The molecular weight excluding hydrogens is 362 g/mol. The number of hydrogen-bond acceptors (Lipinski definition) is 5. The fraction of sp³-hybridized carbons (Fsp3) is 0.400. The summed E-state index contributed by atoms with van der Waals surface area (Å²) in [6.07, 6.45) is 0.157. The number of aromatic nitrogens is 2. The number of guanidine groups is 1. The van der Waals surface area contributed by atoms with Crippen molar-refractivity contribution in [2.24, 2.45) is 10.7 Å². The number of morpholine rings is 1. The van der Waals surface area contributed by atoms with Crippen molar-refractivity contribution in [1.82, 2.24) is 15.0 Å². The summed E-state index contributed by atoms with van der Waals surface area (Å²) < 4.78 is 11.7. The molecule has 2 N–H and O–H groups in total. The summed E-state index contributed by atoms with van der Waals surface area (Å²) in [5, 5.41) is 3.98. The molecule has 0 spiro atoms. The zero-order chi connectivity index (χ0) is 16.2. The Hall–Kier alpha value is -1.93. The van der Waals surface area contributed by atoms with E-state index in [-0.39, 0.29) is 12.6 Å². The average molecular weight is 380 g/mol. The van der Waals surface area contributed by atoms with Crippen LogP contribution in [-0.2, 0) is 11.3 Å². The maximum atomic E-state index is 6.02. The third-order valence-corrected chi connectivity index (χ3v) is 3.99. The van der Waals surface area contributed by atoms with Crippen molar-refractivity contribution in [3.05, 3.63) is 34.6 Å². The van der Waals surface area contributed by atoms with E-state index < -0.39 is 0 Å². The number of benzene rings is 1. The van der Waals surface area contributed by atoms with Crippen LogP contribution in [-0.4, -0.2) is 46.8 Å². The van der Waals surface area contributed by atoms with Crippen LogP contribution < -0.4 is 5.73 Å². The van der Waals surface area contributed by atoms with Gasteiger partial charge in [0.05, 0.1) is 12.7 Å². The number of aliphatic imine (C=N–C) groups is 1. The second-order valence-corrected chi connectivity index (χ2v) is 6.24. The van der Waals surface area contributed by atoms with Crippen molar-refractivity contribution in [3.63, 3.8) is 0 Å². The summed E-state index contributed by atoms with van der Waals surface area (Å²) >= 11 is 3.42. The highest BCUT2D eigenvalue weighted by molar-refractivity contribution is 9.10. The van der Waals surface area contributed by atoms with Crippen molar-refractivity contribution in [1.29, 1.82) is 0 Å². The number of nitrogens with two attached hydrogens (primary N) is 1. The molecule has 1 saturated heterocycles. The first-order valence-electron chi connectivity index (χ1n) is 7.37. The molecule has 3 rings (SSSR count). The van der Waals surface area contributed by atoms with Crippen molar-refractivity contribution < 1.29 is 9.26 Å². The molecule has 0 radical (unpaired) electrons. The number of rotatable bonds is 3. The van der Waals surface area contributed by atoms with Gasteiger partial charge < -0.3 is 19.9 Å². The van der Waals surface area contributed by atoms with E-state index in [1.54, 1.807) is 0 Å². The van der Waals surface area contributed by atoms with Crippen LogP contribution in [0.15, 0.2) is 38.3 Å². The third kappa shape index (κ3) is 4.08. The van der Waals surface area contributed by atoms with Gasteiger partial charge >= 0.3 is 0 Å². The van der Waals surface area contributed by atoms with Gasteiger partial charge in [-0.25, -0.2) is 4.99 Å². The molecule has 8 heteroatoms. The lowest BCUT2D eigenvalue weighted by Gasteiger charge is -2.31. The van der Waals surface area contributed by atoms with Gasteiger partial charge in [0.15, 0.2) is 5.96 Å². The van der Waals surface area contributed by atoms with Crippen LogP contribution in [0.4, 0.5) is 0 Å². The van der Waals surface area contributed by atoms with Gasteiger partial charge in [0.1, 0.15) is 6.54 Å². The molecule has 0 amide bonds. The Morgan fingerprint density at radius 3 is 3.17 bits per heavy atom. The normalized spacial score (nSPS) is 19.1. The molecule has 0 aliphatic carbocycles. The van der Waals surface area contributed by atoms with Crippen LogP contribution in [0.3, 0.4) is 0 Å². The first-order valence-corrected chi connectivity index (χ1v) is 8.16. The summed E-state index contributed by atoms with van der Waals surface area (Å²) in [6, 6.07) is 7.72. The highest BCUT2D eigenvalue weighted by Crippen LogP contribution is 2.20. The minimum Gasteiger partial charge on any atom is -0.375 e. The van der Waals surface area contributed by atoms with E-state index >= 15 is 0 Å². The zero-order valence-electron chi connectivity index (χ0n) is 12.8. The molecule has 1 atom stereocenters. The van der Waals surface area contributed by atoms with Crippen LogP contribution in [0, 0.1) is 0 Å². The molecule has 2 heterocycles. The summed E-state index contributed by atoms with van der Waals surface area (Å²) in [4.78, 5) is 10.7. The molecule has 1 fully saturated rings. The van der Waals surface area contributed by atoms with E-state index in [1.807, 2.05) is 36.1 Å². The van der Waals surface area contributed by atoms with E-state index in [9.17, 15) is 0 Å². The van der Waals surface area contributed by atoms with Gasteiger partial charge in [0, 0.05) is 23.1 Å². The Bertz CT molecular complexity index is 703. The van der Waals surface area contributed by atoms with Crippen LogP contribution in [0.1, 0.15) is 12.8 Å². The quantitative estimate of drug-likeness (QED) is 0.648. The monoisotopic (exact) mass is 379 g/mol. The summed E-state index contributed by atoms with van der Waals surface area (Å²) in [5.74, 6) is 1.45. The minimum absolute atomic E-state index is 0.157. The van der Waals surface area contributed by atoms with Gasteiger partial charge in [0.25, 0.3) is 0 Å². The highest BCUT2D eigenvalue weighted by atomic mass is 79.9. The molecule has 0 bridgehead atoms. The van der Waals surface area contributed by atoms with Gasteiger partial charge in [-0.15, -0.1) is 0 Å². The first-order chi connectivity index (χ1) is 11.1. The number of ether oxygens (including phenoxy) is 1. The van der Waals surface area contributed by atoms with Crippen molar-refractivity contribution >= 4 is 21.9 Å². The maximum Gasteiger partial charge on any atom is 0.248 e. The summed E-state index contributed by atoms with van der Waals surface area (Å²) in [7, 11) is 0. The van der Waals surface area contributed by atoms with Crippen LogP contribution in [0.5, 0.6) is 0 Å². The molecule has 23 heavy (non-hydrogen) atoms. The molecule has 7 nitrogen and oxygen atoms in total. The minimum atomic E-state index is 0.157. The second-order valence-electron chi connectivity index (χ2n) is 5.32. The molecule has 1 aliphatic rings. The summed E-state index contributed by atoms with van der Waals surface area (Å²) in [5.41, 5.74) is 6.90. The van der Waals surface area contributed by atoms with Gasteiger partial charge in [-0.3, -0.25) is 0 Å². The Morgan fingerprint density at radius 1 is 1.52 bits per heavy atom. The van der Waals surface area contributed by atoms with Gasteiger partial charge in [-0.2, -0.15) is 4.98 Å².